The number of hydrogen-bond donors (Lipinski definition) is 3. The van der Waals surface area contributed by atoms with Crippen LogP contribution in [-0.4, -0.2) is 47.7 Å². The molecule has 0 atom stereocenters. The van der Waals surface area contributed by atoms with E-state index in [2.05, 4.69) is 36.0 Å². The predicted octanol–water partition coefficient (Wildman–Crippen LogP) is 0.856. The van der Waals surface area contributed by atoms with Gasteiger partial charge in [-0.25, -0.2) is 9.79 Å². The van der Waals surface area contributed by atoms with Crippen LogP contribution in [0.5, 0.6) is 5.88 Å². The number of nitrogens with one attached hydrogen (secondary N) is 2. The van der Waals surface area contributed by atoms with E-state index in [4.69, 9.17) is 9.98 Å². The first-order valence-corrected chi connectivity index (χ1v) is 10.5. The molecule has 3 heterocycles. The highest BCUT2D eigenvalue weighted by molar-refractivity contribution is 9.10. The van der Waals surface area contributed by atoms with E-state index in [9.17, 15) is 9.90 Å². The van der Waals surface area contributed by atoms with E-state index in [-0.39, 0.29) is 17.6 Å². The van der Waals surface area contributed by atoms with Crippen molar-refractivity contribution < 1.29 is 5.11 Å². The van der Waals surface area contributed by atoms with Crippen LogP contribution in [0.15, 0.2) is 44.7 Å². The molecule has 1 saturated carbocycles. The van der Waals surface area contributed by atoms with Gasteiger partial charge in [-0.3, -0.25) is 4.98 Å². The lowest BCUT2D eigenvalue weighted by Gasteiger charge is -2.17. The molecule has 1 aliphatic carbocycles. The Morgan fingerprint density at radius 3 is 2.90 bits per heavy atom. The number of benzene rings is 1. The van der Waals surface area contributed by atoms with E-state index in [1.54, 1.807) is 16.8 Å². The fourth-order valence-electron chi connectivity index (χ4n) is 3.22. The van der Waals surface area contributed by atoms with Crippen molar-refractivity contribution in [1.29, 1.82) is 0 Å². The van der Waals surface area contributed by atoms with Crippen LogP contribution in [0.2, 0.25) is 0 Å². The lowest BCUT2D eigenvalue weighted by atomic mass is 10.2. The molecule has 1 aromatic carbocycles. The fraction of sp³-hybridized carbons (Fsp3) is 0.250. The number of aromatic amines is 2. The van der Waals surface area contributed by atoms with E-state index in [1.807, 2.05) is 36.2 Å². The molecule has 0 unspecified atom stereocenters. The van der Waals surface area contributed by atoms with E-state index < -0.39 is 5.69 Å². The molecule has 0 bridgehead atoms. The molecule has 3 N–H and O–H groups in total. The quantitative estimate of drug-likeness (QED) is 0.387. The van der Waals surface area contributed by atoms with E-state index >= 15 is 0 Å². The summed E-state index contributed by atoms with van der Waals surface area (Å²) in [5.41, 5.74) is 1.88. The van der Waals surface area contributed by atoms with Gasteiger partial charge in [0.15, 0.2) is 5.65 Å². The molecule has 0 saturated heterocycles. The number of anilines is 1. The number of hydrogen-bond acceptors (Lipinski definition) is 7. The van der Waals surface area contributed by atoms with Crippen molar-refractivity contribution in [3.8, 4) is 5.88 Å². The van der Waals surface area contributed by atoms with Gasteiger partial charge in [0.2, 0.25) is 11.8 Å². The van der Waals surface area contributed by atoms with Crippen molar-refractivity contribution >= 4 is 33.6 Å². The van der Waals surface area contributed by atoms with Gasteiger partial charge in [0.1, 0.15) is 5.69 Å². The summed E-state index contributed by atoms with van der Waals surface area (Å²) in [4.78, 5) is 32.3. The number of rotatable bonds is 5. The molecule has 4 aromatic rings. The Labute approximate surface area is 184 Å². The minimum atomic E-state index is -0.492. The van der Waals surface area contributed by atoms with Gasteiger partial charge in [0.25, 0.3) is 5.62 Å². The number of aromatic nitrogens is 6. The number of H-pyrrole nitrogens is 2. The zero-order valence-electron chi connectivity index (χ0n) is 16.6. The van der Waals surface area contributed by atoms with E-state index in [0.717, 1.165) is 22.9 Å². The summed E-state index contributed by atoms with van der Waals surface area (Å²) in [5.74, 6) is 0.266. The zero-order chi connectivity index (χ0) is 21.5. The van der Waals surface area contributed by atoms with Crippen LogP contribution in [0.1, 0.15) is 24.1 Å². The van der Waals surface area contributed by atoms with Gasteiger partial charge in [-0.1, -0.05) is 28.1 Å². The Kier molecular flexibility index (Phi) is 4.81. The highest BCUT2D eigenvalue weighted by Crippen LogP contribution is 2.22. The standard InChI is InChI=1S/C20H19BrN8O2/c1-28(10-11-3-2-4-13(21)7-11)18-25-16-12(8-15-17(30)26-20(31)24-15)9-22-29(16)19(27-18)23-14-5-6-14/h2-4,7-9,14,30H,5-6,10H2,1H3,(H2,24,26,31). The molecule has 1 fully saturated rings. The van der Waals surface area contributed by atoms with E-state index in [1.165, 1.54) is 0 Å². The summed E-state index contributed by atoms with van der Waals surface area (Å²) in [6, 6.07) is 8.31. The molecule has 0 spiro atoms. The van der Waals surface area contributed by atoms with Gasteiger partial charge in [-0.15, -0.1) is 0 Å². The summed E-state index contributed by atoms with van der Waals surface area (Å²) in [7, 11) is 1.92. The van der Waals surface area contributed by atoms with Crippen molar-refractivity contribution in [2.75, 3.05) is 11.9 Å². The Balaban J connectivity index is 1.63. The van der Waals surface area contributed by atoms with Crippen LogP contribution in [-0.2, 0) is 6.54 Å². The van der Waals surface area contributed by atoms with Crippen molar-refractivity contribution in [3.05, 3.63) is 67.5 Å². The minimum Gasteiger partial charge on any atom is -0.493 e. The summed E-state index contributed by atoms with van der Waals surface area (Å²) >= 11 is 3.50. The normalized spacial score (nSPS) is 15.2. The van der Waals surface area contributed by atoms with Crippen molar-refractivity contribution in [3.63, 3.8) is 0 Å². The van der Waals surface area contributed by atoms with E-state index in [0.29, 0.717) is 29.0 Å². The topological polar surface area (TPSA) is 128 Å². The van der Waals surface area contributed by atoms with Crippen molar-refractivity contribution in [2.24, 2.45) is 4.99 Å². The third-order valence-corrected chi connectivity index (χ3v) is 5.39. The first-order chi connectivity index (χ1) is 15.0. The Hall–Kier alpha value is -3.47. The molecule has 5 rings (SSSR count). The van der Waals surface area contributed by atoms with Crippen LogP contribution < -0.4 is 21.4 Å². The van der Waals surface area contributed by atoms with Crippen molar-refractivity contribution in [2.45, 2.75) is 25.4 Å². The molecule has 1 aliphatic rings. The average molecular weight is 483 g/mol. The lowest BCUT2D eigenvalue weighted by molar-refractivity contribution is 0.454. The number of aromatic hydroxyl groups is 1. The molecular formula is C20H19BrN8O2. The largest absolute Gasteiger partial charge is 0.493 e. The third kappa shape index (κ3) is 4.08. The van der Waals surface area contributed by atoms with Crippen LogP contribution in [0, 0.1) is 0 Å². The number of imidazole rings is 1. The van der Waals surface area contributed by atoms with Crippen LogP contribution >= 0.6 is 15.9 Å². The van der Waals surface area contributed by atoms with Crippen LogP contribution in [0.4, 0.5) is 5.95 Å². The second-order valence-electron chi connectivity index (χ2n) is 7.49. The fourth-order valence-corrected chi connectivity index (χ4v) is 3.67. The lowest BCUT2D eigenvalue weighted by Crippen LogP contribution is -2.28. The number of halogens is 1. The molecule has 158 valence electrons. The van der Waals surface area contributed by atoms with Crippen molar-refractivity contribution in [1.82, 2.24) is 29.5 Å². The first kappa shape index (κ1) is 19.5. The second kappa shape index (κ2) is 7.65. The Morgan fingerprint density at radius 1 is 1.35 bits per heavy atom. The van der Waals surface area contributed by atoms with Gasteiger partial charge >= 0.3 is 5.69 Å². The maximum Gasteiger partial charge on any atom is 0.326 e. The summed E-state index contributed by atoms with van der Waals surface area (Å²) < 4.78 is 2.59. The summed E-state index contributed by atoms with van der Waals surface area (Å²) in [5, 5.41) is 14.9. The smallest absolute Gasteiger partial charge is 0.326 e. The molecular weight excluding hydrogens is 464 g/mol. The molecule has 3 aromatic heterocycles. The predicted molar refractivity (Wildman–Crippen MR) is 117 cm³/mol. The Bertz CT molecular complexity index is 1450. The van der Waals surface area contributed by atoms with Gasteiger partial charge in [-0.05, 0) is 36.6 Å². The molecule has 0 aliphatic heterocycles. The Morgan fingerprint density at radius 2 is 2.19 bits per heavy atom. The average Bonchev–Trinajstić information content (AvgIpc) is 3.36. The second-order valence-corrected chi connectivity index (χ2v) is 8.41. The zero-order valence-corrected chi connectivity index (χ0v) is 18.2. The molecule has 31 heavy (non-hydrogen) atoms. The van der Waals surface area contributed by atoms with Gasteiger partial charge in [0.05, 0.1) is 12.2 Å². The minimum absolute atomic E-state index is 0.242. The molecule has 11 heteroatoms. The first-order valence-electron chi connectivity index (χ1n) is 9.74. The SMILES string of the molecule is CN(Cc1cccc(Br)c1)c1nc(=NC2CC2)n2ncc(=Cc3[nH]c(=O)[nH]c3O)c2n1. The van der Waals surface area contributed by atoms with Gasteiger partial charge < -0.3 is 15.0 Å². The van der Waals surface area contributed by atoms with Gasteiger partial charge in [-0.2, -0.15) is 19.6 Å². The highest BCUT2D eigenvalue weighted by atomic mass is 79.9. The maximum absolute atomic E-state index is 11.5. The monoisotopic (exact) mass is 482 g/mol. The van der Waals surface area contributed by atoms with Gasteiger partial charge in [0, 0.05) is 23.3 Å². The maximum atomic E-state index is 11.5. The number of nitrogens with zero attached hydrogens (tertiary/aromatic N) is 6. The van der Waals surface area contributed by atoms with Crippen LogP contribution in [0.25, 0.3) is 11.7 Å². The highest BCUT2D eigenvalue weighted by Gasteiger charge is 2.21. The summed E-state index contributed by atoms with van der Waals surface area (Å²) in [6.45, 7) is 0.609. The number of fused-ring (bicyclic) bond motifs is 1. The molecule has 0 amide bonds. The van der Waals surface area contributed by atoms with Crippen LogP contribution in [0.3, 0.4) is 0 Å². The molecule has 10 nitrogen and oxygen atoms in total. The summed E-state index contributed by atoms with van der Waals surface area (Å²) in [6.07, 6.45) is 5.29. The third-order valence-electron chi connectivity index (χ3n) is 4.90. The molecule has 0 radical (unpaired) electrons.